The van der Waals surface area contributed by atoms with Gasteiger partial charge < -0.3 is 24.1 Å². The van der Waals surface area contributed by atoms with E-state index in [1.807, 2.05) is 33.8 Å². The first-order valence-corrected chi connectivity index (χ1v) is 9.84. The average Bonchev–Trinajstić information content (AvgIpc) is 2.92. The molecular weight excluding hydrogens is 348 g/mol. The molecule has 0 aromatic carbocycles. The summed E-state index contributed by atoms with van der Waals surface area (Å²) in [6, 6.07) is 0. The van der Waals surface area contributed by atoms with E-state index in [1.165, 1.54) is 6.08 Å². The molecule has 1 N–H and O–H groups in total. The van der Waals surface area contributed by atoms with E-state index in [4.69, 9.17) is 24.1 Å². The SMILES string of the molecule is CCOC(=O)/C=C(\C)C[C@@H]1OC[C@H](C/C=C/[C@H](C)CO)[C@H]2OC(C)(C)O[C@H]21. The Morgan fingerprint density at radius 2 is 2.04 bits per heavy atom. The molecule has 2 rings (SSSR count). The van der Waals surface area contributed by atoms with Crippen LogP contribution in [0.2, 0.25) is 0 Å². The summed E-state index contributed by atoms with van der Waals surface area (Å²) in [4.78, 5) is 11.7. The maximum atomic E-state index is 11.7. The summed E-state index contributed by atoms with van der Waals surface area (Å²) < 4.78 is 23.4. The largest absolute Gasteiger partial charge is 0.463 e. The van der Waals surface area contributed by atoms with Crippen LogP contribution in [-0.2, 0) is 23.7 Å². The van der Waals surface area contributed by atoms with Crippen LogP contribution in [0.3, 0.4) is 0 Å². The molecule has 27 heavy (non-hydrogen) atoms. The zero-order valence-electron chi connectivity index (χ0n) is 17.1. The lowest BCUT2D eigenvalue weighted by Crippen LogP contribution is -2.48. The molecule has 0 radical (unpaired) electrons. The van der Waals surface area contributed by atoms with Gasteiger partial charge in [0.25, 0.3) is 0 Å². The third kappa shape index (κ3) is 6.42. The number of aliphatic hydroxyl groups is 1. The molecule has 0 saturated carbocycles. The normalized spacial score (nSPS) is 31.7. The Bertz CT molecular complexity index is 553. The summed E-state index contributed by atoms with van der Waals surface area (Å²) in [5.41, 5.74) is 0.903. The fraction of sp³-hybridized carbons (Fsp3) is 0.762. The molecule has 0 amide bonds. The number of ether oxygens (including phenoxy) is 4. The maximum Gasteiger partial charge on any atom is 0.330 e. The number of carbonyl (C=O) groups is 1. The number of aliphatic hydroxyl groups excluding tert-OH is 1. The molecular formula is C21H34O6. The Morgan fingerprint density at radius 1 is 1.33 bits per heavy atom. The van der Waals surface area contributed by atoms with Crippen LogP contribution in [0.25, 0.3) is 0 Å². The van der Waals surface area contributed by atoms with Crippen molar-refractivity contribution in [2.45, 2.75) is 71.6 Å². The molecule has 0 aromatic heterocycles. The van der Waals surface area contributed by atoms with Crippen molar-refractivity contribution in [2.75, 3.05) is 19.8 Å². The standard InChI is InChI=1S/C21H34O6/c1-6-24-18(23)11-15(3)10-17-20-19(26-21(4,5)27-20)16(13-25-17)9-7-8-14(2)12-22/h7-8,11,14,16-17,19-20,22H,6,9-10,12-13H2,1-5H3/b8-7+,15-11+/t14-,16-,17-,19+,20-/m0/s1. The van der Waals surface area contributed by atoms with Crippen molar-refractivity contribution >= 4 is 5.97 Å². The van der Waals surface area contributed by atoms with Gasteiger partial charge in [0.15, 0.2) is 5.79 Å². The first-order valence-electron chi connectivity index (χ1n) is 9.84. The highest BCUT2D eigenvalue weighted by Gasteiger charge is 2.51. The van der Waals surface area contributed by atoms with Gasteiger partial charge in [0.1, 0.15) is 6.10 Å². The number of rotatable bonds is 8. The third-order valence-corrected chi connectivity index (χ3v) is 4.88. The monoisotopic (exact) mass is 382 g/mol. The minimum absolute atomic E-state index is 0.0526. The highest BCUT2D eigenvalue weighted by atomic mass is 16.8. The van der Waals surface area contributed by atoms with E-state index < -0.39 is 5.79 Å². The molecule has 2 aliphatic rings. The van der Waals surface area contributed by atoms with E-state index in [-0.39, 0.29) is 42.7 Å². The summed E-state index contributed by atoms with van der Waals surface area (Å²) in [5, 5.41) is 9.15. The molecule has 2 saturated heterocycles. The number of fused-ring (bicyclic) bond motifs is 1. The smallest absolute Gasteiger partial charge is 0.330 e. The van der Waals surface area contributed by atoms with Crippen LogP contribution >= 0.6 is 0 Å². The topological polar surface area (TPSA) is 74.2 Å². The molecule has 154 valence electrons. The molecule has 0 aromatic rings. The molecule has 2 aliphatic heterocycles. The van der Waals surface area contributed by atoms with Gasteiger partial charge >= 0.3 is 5.97 Å². The van der Waals surface area contributed by atoms with Crippen molar-refractivity contribution in [2.24, 2.45) is 11.8 Å². The maximum absolute atomic E-state index is 11.7. The van der Waals surface area contributed by atoms with Crippen LogP contribution in [0.1, 0.15) is 47.5 Å². The van der Waals surface area contributed by atoms with Crippen molar-refractivity contribution in [1.29, 1.82) is 0 Å². The van der Waals surface area contributed by atoms with Gasteiger partial charge in [-0.2, -0.15) is 0 Å². The fourth-order valence-electron chi connectivity index (χ4n) is 3.59. The second kappa shape index (κ2) is 9.82. The minimum atomic E-state index is -0.652. The number of hydrogen-bond acceptors (Lipinski definition) is 6. The molecule has 2 fully saturated rings. The Hall–Kier alpha value is -1.21. The molecule has 0 unspecified atom stereocenters. The zero-order chi connectivity index (χ0) is 20.0. The van der Waals surface area contributed by atoms with Crippen LogP contribution in [0.15, 0.2) is 23.8 Å². The van der Waals surface area contributed by atoms with Gasteiger partial charge in [-0.3, -0.25) is 0 Å². The number of hydrogen-bond donors (Lipinski definition) is 1. The van der Waals surface area contributed by atoms with Crippen LogP contribution in [0, 0.1) is 11.8 Å². The van der Waals surface area contributed by atoms with Gasteiger partial charge in [-0.25, -0.2) is 4.79 Å². The average molecular weight is 382 g/mol. The van der Waals surface area contributed by atoms with Crippen molar-refractivity contribution in [1.82, 2.24) is 0 Å². The molecule has 5 atom stereocenters. The van der Waals surface area contributed by atoms with Crippen LogP contribution in [0.5, 0.6) is 0 Å². The number of esters is 1. The molecule has 2 heterocycles. The molecule has 0 aliphatic carbocycles. The lowest BCUT2D eigenvalue weighted by Gasteiger charge is -2.37. The molecule has 0 spiro atoms. The Kier molecular flexibility index (Phi) is 8.04. The Labute approximate surface area is 162 Å². The lowest BCUT2D eigenvalue weighted by molar-refractivity contribution is -0.153. The van der Waals surface area contributed by atoms with Crippen molar-refractivity contribution in [3.05, 3.63) is 23.8 Å². The highest BCUT2D eigenvalue weighted by Crippen LogP contribution is 2.40. The van der Waals surface area contributed by atoms with E-state index in [0.29, 0.717) is 19.6 Å². The Morgan fingerprint density at radius 3 is 2.70 bits per heavy atom. The number of carbonyl (C=O) groups excluding carboxylic acids is 1. The van der Waals surface area contributed by atoms with Crippen LogP contribution in [0.4, 0.5) is 0 Å². The van der Waals surface area contributed by atoms with E-state index in [9.17, 15) is 4.79 Å². The van der Waals surface area contributed by atoms with Crippen LogP contribution < -0.4 is 0 Å². The first kappa shape index (κ1) is 22.1. The first-order chi connectivity index (χ1) is 12.8. The summed E-state index contributed by atoms with van der Waals surface area (Å²) in [7, 11) is 0. The van der Waals surface area contributed by atoms with Crippen molar-refractivity contribution in [3.63, 3.8) is 0 Å². The minimum Gasteiger partial charge on any atom is -0.463 e. The van der Waals surface area contributed by atoms with Gasteiger partial charge in [-0.15, -0.1) is 0 Å². The highest BCUT2D eigenvalue weighted by molar-refractivity contribution is 5.82. The van der Waals surface area contributed by atoms with Crippen molar-refractivity contribution < 1.29 is 28.8 Å². The predicted molar refractivity (Wildman–Crippen MR) is 102 cm³/mol. The van der Waals surface area contributed by atoms with Crippen molar-refractivity contribution in [3.8, 4) is 0 Å². The van der Waals surface area contributed by atoms with E-state index in [0.717, 1.165) is 12.0 Å². The Balaban J connectivity index is 2.03. The summed E-state index contributed by atoms with van der Waals surface area (Å²) >= 11 is 0. The zero-order valence-corrected chi connectivity index (χ0v) is 17.1. The van der Waals surface area contributed by atoms with E-state index in [2.05, 4.69) is 6.08 Å². The quantitative estimate of drug-likeness (QED) is 0.395. The van der Waals surface area contributed by atoms with Gasteiger partial charge in [0.05, 0.1) is 25.4 Å². The van der Waals surface area contributed by atoms with Gasteiger partial charge in [0, 0.05) is 18.6 Å². The second-order valence-electron chi connectivity index (χ2n) is 7.97. The lowest BCUT2D eigenvalue weighted by atomic mass is 9.87. The summed E-state index contributed by atoms with van der Waals surface area (Å²) in [6.07, 6.45) is 6.67. The van der Waals surface area contributed by atoms with Gasteiger partial charge in [0.2, 0.25) is 0 Å². The summed E-state index contributed by atoms with van der Waals surface area (Å²) in [5.74, 6) is -0.636. The van der Waals surface area contributed by atoms with Crippen LogP contribution in [-0.4, -0.2) is 55.0 Å². The predicted octanol–water partition coefficient (Wildman–Crippen LogP) is 3.00. The molecule has 6 heteroatoms. The molecule has 0 bridgehead atoms. The van der Waals surface area contributed by atoms with E-state index in [1.54, 1.807) is 6.92 Å². The van der Waals surface area contributed by atoms with E-state index >= 15 is 0 Å². The second-order valence-corrected chi connectivity index (χ2v) is 7.97. The third-order valence-electron chi connectivity index (χ3n) is 4.88. The summed E-state index contributed by atoms with van der Waals surface area (Å²) in [6.45, 7) is 10.6. The van der Waals surface area contributed by atoms with Gasteiger partial charge in [-0.05, 0) is 46.5 Å². The number of allylic oxidation sites excluding steroid dienone is 1. The fourth-order valence-corrected chi connectivity index (χ4v) is 3.59. The van der Waals surface area contributed by atoms with Gasteiger partial charge in [-0.1, -0.05) is 24.6 Å². The molecule has 6 nitrogen and oxygen atoms in total.